The first-order valence-corrected chi connectivity index (χ1v) is 16.8. The number of nitrogens with one attached hydrogen (secondary N) is 1. The maximum atomic E-state index is 13.3. The fraction of sp³-hybridized carbons (Fsp3) is 0.531. The van der Waals surface area contributed by atoms with Crippen molar-refractivity contribution in [2.75, 3.05) is 24.6 Å². The standard InChI is InChI=1S/C32H39ClN2O5S/c1-2-25-7-3-4-8-29(36)26-12-9-23(26)18-35-19-32(15-5-6-21-16-24(33)11-13-27(21)32)20-40-30-14-10-22(17-28(30)35)31(37)34-41(25,38)39/h3-4,10-11,13-14,16-17,23,25-26,29,36H,2,5-9,12,15,18-20H2,1H3,(H,34,37)/b4-3-/t23-,25+,26+,29-,32-/m0/s1. The number of ether oxygens (including phenoxy) is 1. The van der Waals surface area contributed by atoms with Gasteiger partial charge in [-0.3, -0.25) is 4.79 Å². The predicted molar refractivity (Wildman–Crippen MR) is 161 cm³/mol. The van der Waals surface area contributed by atoms with Gasteiger partial charge in [-0.05, 0) is 105 Å². The molecule has 2 bridgehead atoms. The van der Waals surface area contributed by atoms with E-state index in [1.54, 1.807) is 25.1 Å². The van der Waals surface area contributed by atoms with Gasteiger partial charge in [0.05, 0.1) is 23.6 Å². The Hall–Kier alpha value is -2.55. The minimum Gasteiger partial charge on any atom is -0.490 e. The van der Waals surface area contributed by atoms with Gasteiger partial charge < -0.3 is 14.7 Å². The molecule has 41 heavy (non-hydrogen) atoms. The zero-order valence-electron chi connectivity index (χ0n) is 23.5. The Labute approximate surface area is 248 Å². The van der Waals surface area contributed by atoms with E-state index in [2.05, 4.69) is 21.8 Å². The maximum absolute atomic E-state index is 13.3. The largest absolute Gasteiger partial charge is 0.490 e. The highest BCUT2D eigenvalue weighted by atomic mass is 35.5. The van der Waals surface area contributed by atoms with E-state index in [-0.39, 0.29) is 16.9 Å². The molecule has 1 fully saturated rings. The number of carbonyl (C=O) groups is 1. The quantitative estimate of drug-likeness (QED) is 0.428. The van der Waals surface area contributed by atoms with E-state index in [1.807, 2.05) is 18.2 Å². The van der Waals surface area contributed by atoms with E-state index < -0.39 is 27.3 Å². The molecule has 1 spiro atoms. The van der Waals surface area contributed by atoms with Gasteiger partial charge >= 0.3 is 0 Å². The van der Waals surface area contributed by atoms with E-state index in [4.69, 9.17) is 16.3 Å². The molecule has 9 heteroatoms. The van der Waals surface area contributed by atoms with Crippen LogP contribution in [0, 0.1) is 11.8 Å². The van der Waals surface area contributed by atoms with Crippen molar-refractivity contribution in [3.8, 4) is 5.75 Å². The van der Waals surface area contributed by atoms with Crippen molar-refractivity contribution in [1.29, 1.82) is 0 Å². The Morgan fingerprint density at radius 3 is 2.76 bits per heavy atom. The van der Waals surface area contributed by atoms with Crippen LogP contribution < -0.4 is 14.4 Å². The molecule has 2 heterocycles. The number of amides is 1. The van der Waals surface area contributed by atoms with Gasteiger partial charge in [-0.25, -0.2) is 13.1 Å². The number of nitrogens with zero attached hydrogens (tertiary/aromatic N) is 1. The molecule has 220 valence electrons. The molecular weight excluding hydrogens is 560 g/mol. The van der Waals surface area contributed by atoms with Crippen LogP contribution in [0.4, 0.5) is 5.69 Å². The summed E-state index contributed by atoms with van der Waals surface area (Å²) in [6, 6.07) is 11.4. The number of anilines is 1. The maximum Gasteiger partial charge on any atom is 0.264 e. The number of fused-ring (bicyclic) bond motifs is 4. The number of aryl methyl sites for hydroxylation is 1. The molecule has 6 rings (SSSR count). The molecule has 4 aliphatic rings. The molecule has 1 saturated carbocycles. The zero-order chi connectivity index (χ0) is 28.8. The number of aliphatic hydroxyl groups excluding tert-OH is 1. The second-order valence-corrected chi connectivity index (χ2v) is 14.7. The van der Waals surface area contributed by atoms with Crippen LogP contribution in [0.2, 0.25) is 5.02 Å². The average Bonchev–Trinajstić information content (AvgIpc) is 3.07. The summed E-state index contributed by atoms with van der Waals surface area (Å²) in [4.78, 5) is 15.6. The molecule has 5 atom stereocenters. The second kappa shape index (κ2) is 11.3. The topological polar surface area (TPSA) is 95.9 Å². The second-order valence-electron chi connectivity index (χ2n) is 12.3. The first-order chi connectivity index (χ1) is 19.7. The van der Waals surface area contributed by atoms with Crippen molar-refractivity contribution >= 4 is 33.2 Å². The molecule has 1 amide bonds. The molecule has 0 aromatic heterocycles. The average molecular weight is 599 g/mol. The van der Waals surface area contributed by atoms with Crippen LogP contribution in [0.5, 0.6) is 5.75 Å². The summed E-state index contributed by atoms with van der Waals surface area (Å²) in [6.07, 6.45) is 9.39. The fourth-order valence-corrected chi connectivity index (χ4v) is 8.85. The van der Waals surface area contributed by atoms with Gasteiger partial charge in [-0.2, -0.15) is 0 Å². The lowest BCUT2D eigenvalue weighted by atomic mass is 9.68. The van der Waals surface area contributed by atoms with E-state index >= 15 is 0 Å². The third-order valence-corrected chi connectivity index (χ3v) is 11.9. The van der Waals surface area contributed by atoms with Crippen molar-refractivity contribution < 1.29 is 23.1 Å². The molecule has 2 aromatic rings. The number of rotatable bonds is 1. The van der Waals surface area contributed by atoms with E-state index in [0.29, 0.717) is 44.1 Å². The van der Waals surface area contributed by atoms with E-state index in [0.717, 1.165) is 49.4 Å². The normalized spacial score (nSPS) is 32.0. The molecule has 0 unspecified atom stereocenters. The molecule has 7 nitrogen and oxygen atoms in total. The molecule has 2 aromatic carbocycles. The summed E-state index contributed by atoms with van der Waals surface area (Å²) in [5, 5.41) is 11.1. The lowest BCUT2D eigenvalue weighted by molar-refractivity contribution is 0.0177. The highest BCUT2D eigenvalue weighted by molar-refractivity contribution is 7.90. The van der Waals surface area contributed by atoms with Gasteiger partial charge in [0.15, 0.2) is 0 Å². The van der Waals surface area contributed by atoms with Gasteiger partial charge in [0.25, 0.3) is 5.91 Å². The number of sulfonamides is 1. The van der Waals surface area contributed by atoms with Crippen LogP contribution in [-0.2, 0) is 21.9 Å². The minimum absolute atomic E-state index is 0.172. The van der Waals surface area contributed by atoms with Crippen LogP contribution in [0.1, 0.15) is 73.4 Å². The Bertz CT molecular complexity index is 1460. The lowest BCUT2D eigenvalue weighted by Gasteiger charge is -2.45. The summed E-state index contributed by atoms with van der Waals surface area (Å²) in [7, 11) is -3.89. The third kappa shape index (κ3) is 5.51. The van der Waals surface area contributed by atoms with Crippen molar-refractivity contribution in [2.45, 2.75) is 75.1 Å². The number of benzene rings is 2. The van der Waals surface area contributed by atoms with Gasteiger partial charge in [-0.15, -0.1) is 0 Å². The Balaban J connectivity index is 1.42. The van der Waals surface area contributed by atoms with Crippen LogP contribution in [0.25, 0.3) is 0 Å². The first kappa shape index (κ1) is 28.6. The van der Waals surface area contributed by atoms with Gasteiger partial charge in [0, 0.05) is 29.1 Å². The Kier molecular flexibility index (Phi) is 7.85. The van der Waals surface area contributed by atoms with Crippen LogP contribution in [0.15, 0.2) is 48.6 Å². The molecule has 0 radical (unpaired) electrons. The Morgan fingerprint density at radius 2 is 1.98 bits per heavy atom. The summed E-state index contributed by atoms with van der Waals surface area (Å²) >= 11 is 6.38. The summed E-state index contributed by atoms with van der Waals surface area (Å²) < 4.78 is 35.1. The molecule has 2 N–H and O–H groups in total. The summed E-state index contributed by atoms with van der Waals surface area (Å²) in [5.74, 6) is 0.541. The Morgan fingerprint density at radius 1 is 1.15 bits per heavy atom. The summed E-state index contributed by atoms with van der Waals surface area (Å²) in [5.41, 5.74) is 3.35. The van der Waals surface area contributed by atoms with Crippen LogP contribution in [-0.4, -0.2) is 50.5 Å². The highest BCUT2D eigenvalue weighted by Gasteiger charge is 2.44. The number of allylic oxidation sites excluding steroid dienone is 1. The lowest BCUT2D eigenvalue weighted by Crippen LogP contribution is -2.49. The number of hydrogen-bond acceptors (Lipinski definition) is 6. The number of carbonyl (C=O) groups excluding carboxylic acids is 1. The summed E-state index contributed by atoms with van der Waals surface area (Å²) in [6.45, 7) is 3.74. The molecule has 2 aliphatic heterocycles. The molecule has 0 saturated heterocycles. The van der Waals surface area contributed by atoms with Gasteiger partial charge in [0.1, 0.15) is 5.75 Å². The molecular formula is C32H39ClN2O5S. The zero-order valence-corrected chi connectivity index (χ0v) is 25.1. The predicted octanol–water partition coefficient (Wildman–Crippen LogP) is 5.39. The first-order valence-electron chi connectivity index (χ1n) is 14.9. The smallest absolute Gasteiger partial charge is 0.264 e. The minimum atomic E-state index is -3.89. The van der Waals surface area contributed by atoms with Gasteiger partial charge in [0.2, 0.25) is 10.0 Å². The van der Waals surface area contributed by atoms with Crippen LogP contribution >= 0.6 is 11.6 Å². The van der Waals surface area contributed by atoms with Crippen molar-refractivity contribution in [2.24, 2.45) is 11.8 Å². The SMILES string of the molecule is CC[C@@H]1C/C=C\C[C@H](O)[C@@H]2CC[C@H]2CN2C[C@@]3(CCCc4cc(Cl)ccc43)COc3ccc(cc32)C(=O)NS1(=O)=O. The fourth-order valence-electron chi connectivity index (χ4n) is 7.31. The number of hydrogen-bond donors (Lipinski definition) is 2. The van der Waals surface area contributed by atoms with Crippen LogP contribution in [0.3, 0.4) is 0 Å². The van der Waals surface area contributed by atoms with Gasteiger partial charge in [-0.1, -0.05) is 36.7 Å². The number of halogens is 1. The van der Waals surface area contributed by atoms with E-state index in [1.165, 1.54) is 11.1 Å². The number of aliphatic hydroxyl groups is 1. The van der Waals surface area contributed by atoms with Crippen molar-refractivity contribution in [3.05, 3.63) is 70.3 Å². The third-order valence-electron chi connectivity index (χ3n) is 9.80. The van der Waals surface area contributed by atoms with Crippen molar-refractivity contribution in [3.63, 3.8) is 0 Å². The van der Waals surface area contributed by atoms with Crippen molar-refractivity contribution in [1.82, 2.24) is 4.72 Å². The monoisotopic (exact) mass is 598 g/mol. The van der Waals surface area contributed by atoms with E-state index in [9.17, 15) is 18.3 Å². The highest BCUT2D eigenvalue weighted by Crippen LogP contribution is 2.46. The molecule has 2 aliphatic carbocycles.